The highest BCUT2D eigenvalue weighted by Gasteiger charge is 2.25. The molecular formula is C25H27N5O2. The monoisotopic (exact) mass is 429 g/mol. The van der Waals surface area contributed by atoms with E-state index in [1.165, 1.54) is 5.56 Å². The summed E-state index contributed by atoms with van der Waals surface area (Å²) < 4.78 is 0. The van der Waals surface area contributed by atoms with Gasteiger partial charge in [0.15, 0.2) is 0 Å². The first-order valence-corrected chi connectivity index (χ1v) is 11.0. The lowest BCUT2D eigenvalue weighted by molar-refractivity contribution is 0.0741. The van der Waals surface area contributed by atoms with E-state index in [0.29, 0.717) is 48.7 Å². The van der Waals surface area contributed by atoms with Crippen LogP contribution in [0.4, 0.5) is 5.95 Å². The first-order valence-electron chi connectivity index (χ1n) is 11.0. The summed E-state index contributed by atoms with van der Waals surface area (Å²) in [6, 6.07) is 15.6. The predicted molar refractivity (Wildman–Crippen MR) is 127 cm³/mol. The number of carbonyl (C=O) groups is 1. The molecule has 0 unspecified atom stereocenters. The molecule has 0 aliphatic carbocycles. The Morgan fingerprint density at radius 3 is 2.47 bits per heavy atom. The van der Waals surface area contributed by atoms with E-state index >= 15 is 0 Å². The molecule has 0 bridgehead atoms. The summed E-state index contributed by atoms with van der Waals surface area (Å²) in [5.41, 5.74) is 3.41. The number of hydrogen-bond donors (Lipinski definition) is 2. The van der Waals surface area contributed by atoms with E-state index in [1.54, 1.807) is 6.07 Å². The maximum absolute atomic E-state index is 13.1. The highest BCUT2D eigenvalue weighted by Crippen LogP contribution is 2.27. The van der Waals surface area contributed by atoms with Crippen LogP contribution in [-0.2, 0) is 5.41 Å². The molecule has 2 N–H and O–H groups in total. The van der Waals surface area contributed by atoms with Crippen molar-refractivity contribution in [3.8, 4) is 0 Å². The van der Waals surface area contributed by atoms with Crippen LogP contribution in [0, 0.1) is 0 Å². The molecule has 3 heterocycles. The number of hydrogen-bond acceptors (Lipinski definition) is 4. The van der Waals surface area contributed by atoms with Crippen molar-refractivity contribution in [1.29, 1.82) is 0 Å². The van der Waals surface area contributed by atoms with Crippen molar-refractivity contribution in [2.45, 2.75) is 26.2 Å². The molecule has 1 fully saturated rings. The van der Waals surface area contributed by atoms with Crippen molar-refractivity contribution >= 4 is 33.7 Å². The van der Waals surface area contributed by atoms with Crippen LogP contribution in [0.5, 0.6) is 0 Å². The molecule has 2 aromatic heterocycles. The average molecular weight is 430 g/mol. The lowest BCUT2D eigenvalue weighted by Gasteiger charge is -2.34. The lowest BCUT2D eigenvalue weighted by Crippen LogP contribution is -2.49. The number of rotatable bonds is 2. The molecule has 164 valence electrons. The Hall–Kier alpha value is -3.61. The van der Waals surface area contributed by atoms with Gasteiger partial charge in [-0.1, -0.05) is 45.0 Å². The van der Waals surface area contributed by atoms with Gasteiger partial charge in [0, 0.05) is 37.1 Å². The van der Waals surface area contributed by atoms with Crippen LogP contribution >= 0.6 is 0 Å². The quantitative estimate of drug-likeness (QED) is 0.509. The molecule has 4 aromatic rings. The maximum Gasteiger partial charge on any atom is 0.270 e. The van der Waals surface area contributed by atoms with E-state index in [0.717, 1.165) is 10.9 Å². The van der Waals surface area contributed by atoms with Gasteiger partial charge >= 0.3 is 0 Å². The molecule has 0 saturated carbocycles. The Balaban J connectivity index is 1.32. The molecule has 1 amide bonds. The number of benzene rings is 2. The van der Waals surface area contributed by atoms with Crippen molar-refractivity contribution in [3.63, 3.8) is 0 Å². The van der Waals surface area contributed by atoms with Crippen molar-refractivity contribution < 1.29 is 4.79 Å². The van der Waals surface area contributed by atoms with Gasteiger partial charge in [0.2, 0.25) is 5.95 Å². The summed E-state index contributed by atoms with van der Waals surface area (Å²) in [4.78, 5) is 40.2. The highest BCUT2D eigenvalue weighted by atomic mass is 16.2. The zero-order valence-corrected chi connectivity index (χ0v) is 18.6. The fourth-order valence-corrected chi connectivity index (χ4v) is 4.22. The summed E-state index contributed by atoms with van der Waals surface area (Å²) in [5.74, 6) is 0.555. The van der Waals surface area contributed by atoms with Crippen LogP contribution in [0.15, 0.2) is 53.3 Å². The predicted octanol–water partition coefficient (Wildman–Crippen LogP) is 3.66. The Labute approximate surface area is 186 Å². The van der Waals surface area contributed by atoms with E-state index in [4.69, 9.17) is 0 Å². The van der Waals surface area contributed by atoms with Crippen LogP contribution < -0.4 is 10.5 Å². The van der Waals surface area contributed by atoms with E-state index < -0.39 is 0 Å². The number of anilines is 1. The third kappa shape index (κ3) is 3.64. The van der Waals surface area contributed by atoms with Gasteiger partial charge in [-0.15, -0.1) is 0 Å². The van der Waals surface area contributed by atoms with Crippen LogP contribution in [0.3, 0.4) is 0 Å². The molecule has 1 aliphatic heterocycles. The van der Waals surface area contributed by atoms with Crippen LogP contribution in [0.2, 0.25) is 0 Å². The molecule has 2 aromatic carbocycles. The Bertz CT molecular complexity index is 1370. The van der Waals surface area contributed by atoms with Crippen molar-refractivity contribution in [3.05, 3.63) is 70.1 Å². The Morgan fingerprint density at radius 2 is 1.72 bits per heavy atom. The van der Waals surface area contributed by atoms with E-state index in [2.05, 4.69) is 53.9 Å². The number of nitrogens with one attached hydrogen (secondary N) is 2. The first kappa shape index (κ1) is 20.3. The van der Waals surface area contributed by atoms with E-state index in [9.17, 15) is 9.59 Å². The topological polar surface area (TPSA) is 85.1 Å². The number of aromatic nitrogens is 3. The summed E-state index contributed by atoms with van der Waals surface area (Å²) in [6.45, 7) is 8.90. The van der Waals surface area contributed by atoms with Gasteiger partial charge in [0.25, 0.3) is 11.5 Å². The molecule has 1 saturated heterocycles. The lowest BCUT2D eigenvalue weighted by atomic mass is 9.87. The van der Waals surface area contributed by atoms with Gasteiger partial charge in [-0.25, -0.2) is 4.98 Å². The second-order valence-corrected chi connectivity index (χ2v) is 9.42. The standard InChI is InChI=1S/C25H27N5O2/c1-25(2,3)17-9-8-16-14-21(26-20(16)15-17)23(32)29-10-12-30(13-11-29)24-27-19-7-5-4-6-18(19)22(31)28-24/h4-9,14-15,26H,10-13H2,1-3H3,(H,27,28,31). The molecular weight excluding hydrogens is 402 g/mol. The second-order valence-electron chi connectivity index (χ2n) is 9.42. The minimum atomic E-state index is -0.142. The third-order valence-electron chi connectivity index (χ3n) is 6.19. The first-order chi connectivity index (χ1) is 15.3. The van der Waals surface area contributed by atoms with Crippen LogP contribution in [0.25, 0.3) is 21.8 Å². The summed E-state index contributed by atoms with van der Waals surface area (Å²) >= 11 is 0. The second kappa shape index (κ2) is 7.51. The molecule has 7 nitrogen and oxygen atoms in total. The van der Waals surface area contributed by atoms with E-state index in [-0.39, 0.29) is 16.9 Å². The Morgan fingerprint density at radius 1 is 0.969 bits per heavy atom. The normalized spacial score (nSPS) is 15.0. The summed E-state index contributed by atoms with van der Waals surface area (Å²) in [6.07, 6.45) is 0. The molecule has 0 spiro atoms. The van der Waals surface area contributed by atoms with Gasteiger partial charge in [-0.2, -0.15) is 0 Å². The zero-order chi connectivity index (χ0) is 22.5. The number of carbonyl (C=O) groups excluding carboxylic acids is 1. The van der Waals surface area contributed by atoms with Crippen LogP contribution in [0.1, 0.15) is 36.8 Å². The number of nitrogens with zero attached hydrogens (tertiary/aromatic N) is 3. The fraction of sp³-hybridized carbons (Fsp3) is 0.320. The summed E-state index contributed by atoms with van der Waals surface area (Å²) in [7, 11) is 0. The van der Waals surface area contributed by atoms with Gasteiger partial charge in [-0.05, 0) is 35.2 Å². The zero-order valence-electron chi connectivity index (χ0n) is 18.6. The minimum Gasteiger partial charge on any atom is -0.351 e. The minimum absolute atomic E-state index is 0.00174. The fourth-order valence-electron chi connectivity index (χ4n) is 4.22. The van der Waals surface area contributed by atoms with Crippen molar-refractivity contribution in [1.82, 2.24) is 19.9 Å². The number of H-pyrrole nitrogens is 2. The smallest absolute Gasteiger partial charge is 0.270 e. The van der Waals surface area contributed by atoms with Crippen molar-refractivity contribution in [2.75, 3.05) is 31.1 Å². The number of piperazine rings is 1. The Kier molecular flexibility index (Phi) is 4.77. The van der Waals surface area contributed by atoms with Gasteiger partial charge in [0.1, 0.15) is 5.69 Å². The summed E-state index contributed by atoms with van der Waals surface area (Å²) in [5, 5.41) is 1.62. The molecule has 7 heteroatoms. The molecule has 0 atom stereocenters. The number of para-hydroxylation sites is 1. The molecule has 0 radical (unpaired) electrons. The molecule has 1 aliphatic rings. The van der Waals surface area contributed by atoms with Gasteiger partial charge in [-0.3, -0.25) is 14.6 Å². The molecule has 32 heavy (non-hydrogen) atoms. The van der Waals surface area contributed by atoms with E-state index in [1.807, 2.05) is 34.1 Å². The highest BCUT2D eigenvalue weighted by molar-refractivity contribution is 5.98. The average Bonchev–Trinajstić information content (AvgIpc) is 3.21. The number of aromatic amines is 2. The SMILES string of the molecule is CC(C)(C)c1ccc2cc(C(=O)N3CCN(c4nc5ccccc5c(=O)[nH]4)CC3)[nH]c2c1. The van der Waals surface area contributed by atoms with Crippen molar-refractivity contribution in [2.24, 2.45) is 0 Å². The number of fused-ring (bicyclic) bond motifs is 2. The van der Waals surface area contributed by atoms with Gasteiger partial charge < -0.3 is 14.8 Å². The third-order valence-corrected chi connectivity index (χ3v) is 6.19. The molecule has 5 rings (SSSR count). The van der Waals surface area contributed by atoms with Crippen LogP contribution in [-0.4, -0.2) is 51.9 Å². The number of amides is 1. The largest absolute Gasteiger partial charge is 0.351 e. The maximum atomic E-state index is 13.1. The van der Waals surface area contributed by atoms with Gasteiger partial charge in [0.05, 0.1) is 10.9 Å².